The van der Waals surface area contributed by atoms with E-state index in [1.165, 1.54) is 7.11 Å². The summed E-state index contributed by atoms with van der Waals surface area (Å²) >= 11 is 8.27. The second-order valence-electron chi connectivity index (χ2n) is 5.42. The minimum atomic E-state index is -0.334. The van der Waals surface area contributed by atoms with E-state index in [0.29, 0.717) is 33.5 Å². The van der Waals surface area contributed by atoms with Crippen molar-refractivity contribution in [3.63, 3.8) is 0 Å². The number of carbonyl (C=O) groups excluding carboxylic acids is 1. The number of methoxy groups -OCH3 is 1. The molecule has 0 atom stereocenters. The van der Waals surface area contributed by atoms with Crippen LogP contribution in [-0.4, -0.2) is 18.1 Å². The van der Waals surface area contributed by atoms with Crippen molar-refractivity contribution in [2.45, 2.75) is 6.61 Å². The summed E-state index contributed by atoms with van der Waals surface area (Å²) in [6.45, 7) is -0.176. The second-order valence-corrected chi connectivity index (χ2v) is 7.07. The van der Waals surface area contributed by atoms with E-state index in [1.54, 1.807) is 36.4 Å². The van der Waals surface area contributed by atoms with Crippen LogP contribution in [0.3, 0.4) is 0 Å². The van der Waals surface area contributed by atoms with Crippen molar-refractivity contribution < 1.29 is 19.1 Å². The molecule has 5 nitrogen and oxygen atoms in total. The first kappa shape index (κ1) is 18.8. The molecule has 0 aliphatic carbocycles. The number of nitrogens with one attached hydrogen (secondary N) is 1. The molecule has 0 bridgehead atoms. The molecule has 0 saturated carbocycles. The maximum atomic E-state index is 12.6. The summed E-state index contributed by atoms with van der Waals surface area (Å²) in [4.78, 5) is 12.6. The number of halogens is 2. The minimum absolute atomic E-state index is 0.176. The Kier molecular flexibility index (Phi) is 5.85. The van der Waals surface area contributed by atoms with Crippen LogP contribution in [0.5, 0.6) is 5.75 Å². The zero-order chi connectivity index (χ0) is 18.7. The number of furan rings is 1. The van der Waals surface area contributed by atoms with Crippen molar-refractivity contribution in [1.29, 1.82) is 0 Å². The molecular formula is C19H15ClINO4. The zero-order valence-corrected chi connectivity index (χ0v) is 16.7. The van der Waals surface area contributed by atoms with Crippen molar-refractivity contribution in [3.8, 4) is 17.1 Å². The van der Waals surface area contributed by atoms with Crippen LogP contribution >= 0.6 is 34.2 Å². The van der Waals surface area contributed by atoms with E-state index in [9.17, 15) is 4.79 Å². The molecule has 134 valence electrons. The first-order chi connectivity index (χ1) is 12.5. The Bertz CT molecular complexity index is 954. The van der Waals surface area contributed by atoms with Gasteiger partial charge in [0.05, 0.1) is 23.4 Å². The molecule has 1 heterocycles. The van der Waals surface area contributed by atoms with Gasteiger partial charge >= 0.3 is 0 Å². The van der Waals surface area contributed by atoms with Gasteiger partial charge in [-0.2, -0.15) is 0 Å². The quantitative estimate of drug-likeness (QED) is 0.503. The highest BCUT2D eigenvalue weighted by Crippen LogP contribution is 2.32. The predicted octanol–water partition coefficient (Wildman–Crippen LogP) is 4.96. The molecule has 1 aromatic heterocycles. The maximum Gasteiger partial charge on any atom is 0.257 e. The van der Waals surface area contributed by atoms with Crippen LogP contribution in [0.1, 0.15) is 16.1 Å². The molecular weight excluding hydrogens is 469 g/mol. The number of rotatable bonds is 5. The Morgan fingerprint density at radius 1 is 1.23 bits per heavy atom. The molecule has 0 aliphatic heterocycles. The van der Waals surface area contributed by atoms with Crippen LogP contribution in [-0.2, 0) is 6.61 Å². The van der Waals surface area contributed by atoms with E-state index in [4.69, 9.17) is 25.9 Å². The molecule has 3 rings (SSSR count). The van der Waals surface area contributed by atoms with Gasteiger partial charge in [-0.3, -0.25) is 4.79 Å². The van der Waals surface area contributed by atoms with Gasteiger partial charge in [-0.1, -0.05) is 11.6 Å². The molecule has 0 radical (unpaired) electrons. The first-order valence-electron chi connectivity index (χ1n) is 7.66. The van der Waals surface area contributed by atoms with Gasteiger partial charge in [0.25, 0.3) is 5.91 Å². The summed E-state index contributed by atoms with van der Waals surface area (Å²) < 4.78 is 11.8. The van der Waals surface area contributed by atoms with Gasteiger partial charge in [0.1, 0.15) is 23.9 Å². The number of aliphatic hydroxyl groups excluding tert-OH is 1. The van der Waals surface area contributed by atoms with E-state index in [0.717, 1.165) is 9.13 Å². The monoisotopic (exact) mass is 483 g/mol. The average molecular weight is 484 g/mol. The number of ether oxygens (including phenoxy) is 1. The molecule has 2 N–H and O–H groups in total. The molecule has 0 aliphatic rings. The van der Waals surface area contributed by atoms with Crippen LogP contribution in [0.2, 0.25) is 5.02 Å². The average Bonchev–Trinajstić information content (AvgIpc) is 3.13. The van der Waals surface area contributed by atoms with Crippen molar-refractivity contribution >= 4 is 45.8 Å². The largest absolute Gasteiger partial charge is 0.495 e. The predicted molar refractivity (Wildman–Crippen MR) is 109 cm³/mol. The van der Waals surface area contributed by atoms with E-state index in [-0.39, 0.29) is 12.5 Å². The van der Waals surface area contributed by atoms with E-state index in [1.807, 2.05) is 12.1 Å². The number of aliphatic hydroxyl groups is 1. The fourth-order valence-corrected chi connectivity index (χ4v) is 3.13. The van der Waals surface area contributed by atoms with Gasteiger partial charge < -0.3 is 19.6 Å². The molecule has 0 fully saturated rings. The lowest BCUT2D eigenvalue weighted by molar-refractivity contribution is 0.102. The molecule has 0 saturated heterocycles. The molecule has 0 unspecified atom stereocenters. The number of amides is 1. The lowest BCUT2D eigenvalue weighted by atomic mass is 10.1. The molecule has 1 amide bonds. The molecule has 2 aromatic carbocycles. The van der Waals surface area contributed by atoms with Crippen molar-refractivity contribution in [3.05, 3.63) is 68.4 Å². The fraction of sp³-hybridized carbons (Fsp3) is 0.105. The summed E-state index contributed by atoms with van der Waals surface area (Å²) in [6.07, 6.45) is 0. The van der Waals surface area contributed by atoms with Gasteiger partial charge in [-0.15, -0.1) is 0 Å². The normalized spacial score (nSPS) is 10.6. The number of benzene rings is 2. The summed E-state index contributed by atoms with van der Waals surface area (Å²) in [5.74, 6) is 1.23. The molecule has 26 heavy (non-hydrogen) atoms. The SMILES string of the molecule is COc1ccc(-c2ccc(CO)o2)cc1NC(=O)c1cc(I)ccc1Cl. The van der Waals surface area contributed by atoms with E-state index >= 15 is 0 Å². The van der Waals surface area contributed by atoms with Gasteiger partial charge in [0.15, 0.2) is 0 Å². The Hall–Kier alpha value is -2.03. The number of anilines is 1. The Morgan fingerprint density at radius 2 is 2.04 bits per heavy atom. The molecule has 3 aromatic rings. The highest BCUT2D eigenvalue weighted by Gasteiger charge is 2.15. The highest BCUT2D eigenvalue weighted by molar-refractivity contribution is 14.1. The third-order valence-electron chi connectivity index (χ3n) is 3.72. The standard InChI is InChI=1S/C19H15ClINO4/c1-25-18-6-2-11(17-7-4-13(10-23)26-17)8-16(18)22-19(24)14-9-12(21)3-5-15(14)20/h2-9,23H,10H2,1H3,(H,22,24). The Labute approximate surface area is 169 Å². The zero-order valence-electron chi connectivity index (χ0n) is 13.8. The topological polar surface area (TPSA) is 71.7 Å². The third-order valence-corrected chi connectivity index (χ3v) is 4.72. The van der Waals surface area contributed by atoms with Gasteiger partial charge in [-0.05, 0) is 71.1 Å². The highest BCUT2D eigenvalue weighted by atomic mass is 127. The summed E-state index contributed by atoms with van der Waals surface area (Å²) in [5, 5.41) is 12.4. The van der Waals surface area contributed by atoms with E-state index in [2.05, 4.69) is 27.9 Å². The second kappa shape index (κ2) is 8.11. The van der Waals surface area contributed by atoms with Crippen LogP contribution < -0.4 is 10.1 Å². The smallest absolute Gasteiger partial charge is 0.257 e. The first-order valence-corrected chi connectivity index (χ1v) is 9.12. The van der Waals surface area contributed by atoms with Crippen molar-refractivity contribution in [1.82, 2.24) is 0 Å². The Balaban J connectivity index is 1.94. The third kappa shape index (κ3) is 4.03. The molecule has 0 spiro atoms. The van der Waals surface area contributed by atoms with E-state index < -0.39 is 0 Å². The number of hydrogen-bond donors (Lipinski definition) is 2. The van der Waals surface area contributed by atoms with Gasteiger partial charge in [0, 0.05) is 9.13 Å². The fourth-order valence-electron chi connectivity index (χ4n) is 2.44. The lowest BCUT2D eigenvalue weighted by Gasteiger charge is -2.12. The summed E-state index contributed by atoms with van der Waals surface area (Å²) in [7, 11) is 1.53. The molecule has 7 heteroatoms. The summed E-state index contributed by atoms with van der Waals surface area (Å²) in [6, 6.07) is 14.0. The van der Waals surface area contributed by atoms with Crippen LogP contribution in [0.4, 0.5) is 5.69 Å². The van der Waals surface area contributed by atoms with Crippen molar-refractivity contribution in [2.24, 2.45) is 0 Å². The van der Waals surface area contributed by atoms with Crippen LogP contribution in [0, 0.1) is 3.57 Å². The van der Waals surface area contributed by atoms with Crippen LogP contribution in [0.15, 0.2) is 52.9 Å². The lowest BCUT2D eigenvalue weighted by Crippen LogP contribution is -2.13. The Morgan fingerprint density at radius 3 is 2.73 bits per heavy atom. The number of hydrogen-bond acceptors (Lipinski definition) is 4. The van der Waals surface area contributed by atoms with Crippen LogP contribution in [0.25, 0.3) is 11.3 Å². The van der Waals surface area contributed by atoms with Crippen molar-refractivity contribution in [2.75, 3.05) is 12.4 Å². The number of carbonyl (C=O) groups is 1. The minimum Gasteiger partial charge on any atom is -0.495 e. The van der Waals surface area contributed by atoms with Gasteiger partial charge in [-0.25, -0.2) is 0 Å². The summed E-state index contributed by atoms with van der Waals surface area (Å²) in [5.41, 5.74) is 1.62. The maximum absolute atomic E-state index is 12.6. The van der Waals surface area contributed by atoms with Gasteiger partial charge in [0.2, 0.25) is 0 Å².